The third-order valence-electron chi connectivity index (χ3n) is 4.29. The molecule has 0 fully saturated rings. The number of carbonyl (C=O) groups is 2. The zero-order chi connectivity index (χ0) is 20.1. The Morgan fingerprint density at radius 2 is 1.82 bits per heavy atom. The van der Waals surface area contributed by atoms with Crippen LogP contribution in [0.25, 0.3) is 0 Å². The number of hydrogen-bond donors (Lipinski definition) is 2. The van der Waals surface area contributed by atoms with Crippen molar-refractivity contribution < 1.29 is 19.1 Å². The summed E-state index contributed by atoms with van der Waals surface area (Å²) >= 11 is 6.23. The SMILES string of the molecule is CC(C)C(=O)Nc1ccc(C(=O)NCCc2cc(Cl)c3c(c2)OCCO3)cc1. The summed E-state index contributed by atoms with van der Waals surface area (Å²) in [6, 6.07) is 10.5. The fourth-order valence-corrected chi connectivity index (χ4v) is 3.01. The molecule has 0 aliphatic carbocycles. The molecular weight excluding hydrogens is 380 g/mol. The lowest BCUT2D eigenvalue weighted by molar-refractivity contribution is -0.118. The van der Waals surface area contributed by atoms with Crippen molar-refractivity contribution >= 4 is 29.1 Å². The molecule has 2 N–H and O–H groups in total. The number of rotatable bonds is 6. The molecule has 0 atom stereocenters. The molecule has 2 aromatic rings. The van der Waals surface area contributed by atoms with Crippen molar-refractivity contribution in [1.82, 2.24) is 5.32 Å². The molecule has 6 nitrogen and oxygen atoms in total. The average molecular weight is 403 g/mol. The molecule has 2 aromatic carbocycles. The number of anilines is 1. The van der Waals surface area contributed by atoms with Crippen molar-refractivity contribution in [2.75, 3.05) is 25.1 Å². The smallest absolute Gasteiger partial charge is 0.251 e. The normalized spacial score (nSPS) is 12.6. The molecule has 1 heterocycles. The van der Waals surface area contributed by atoms with Gasteiger partial charge in [0.2, 0.25) is 5.91 Å². The van der Waals surface area contributed by atoms with Gasteiger partial charge in [-0.05, 0) is 48.4 Å². The minimum atomic E-state index is -0.176. The number of halogens is 1. The van der Waals surface area contributed by atoms with E-state index >= 15 is 0 Å². The highest BCUT2D eigenvalue weighted by atomic mass is 35.5. The number of amides is 2. The Morgan fingerprint density at radius 3 is 2.54 bits per heavy atom. The zero-order valence-corrected chi connectivity index (χ0v) is 16.6. The minimum absolute atomic E-state index is 0.0599. The molecule has 0 saturated carbocycles. The van der Waals surface area contributed by atoms with Crippen LogP contribution in [0, 0.1) is 5.92 Å². The van der Waals surface area contributed by atoms with Gasteiger partial charge in [-0.2, -0.15) is 0 Å². The van der Waals surface area contributed by atoms with Crippen molar-refractivity contribution in [1.29, 1.82) is 0 Å². The number of nitrogens with one attached hydrogen (secondary N) is 2. The van der Waals surface area contributed by atoms with Gasteiger partial charge in [-0.25, -0.2) is 0 Å². The van der Waals surface area contributed by atoms with Gasteiger partial charge in [0, 0.05) is 23.7 Å². The highest BCUT2D eigenvalue weighted by molar-refractivity contribution is 6.32. The molecule has 7 heteroatoms. The molecule has 0 radical (unpaired) electrons. The van der Waals surface area contributed by atoms with Crippen LogP contribution in [0.15, 0.2) is 36.4 Å². The van der Waals surface area contributed by atoms with Crippen LogP contribution in [0.4, 0.5) is 5.69 Å². The molecular formula is C21H23ClN2O4. The summed E-state index contributed by atoms with van der Waals surface area (Å²) < 4.78 is 11.1. The summed E-state index contributed by atoms with van der Waals surface area (Å²) in [6.07, 6.45) is 0.616. The van der Waals surface area contributed by atoms with E-state index in [0.29, 0.717) is 54.0 Å². The molecule has 3 rings (SSSR count). The van der Waals surface area contributed by atoms with Crippen LogP contribution in [0.3, 0.4) is 0 Å². The lowest BCUT2D eigenvalue weighted by atomic mass is 10.1. The lowest BCUT2D eigenvalue weighted by Gasteiger charge is -2.20. The molecule has 0 bridgehead atoms. The zero-order valence-electron chi connectivity index (χ0n) is 15.9. The second-order valence-corrected chi connectivity index (χ2v) is 7.24. The topological polar surface area (TPSA) is 76.7 Å². The first kappa shape index (κ1) is 20.0. The summed E-state index contributed by atoms with van der Waals surface area (Å²) in [5, 5.41) is 6.19. The Bertz CT molecular complexity index is 865. The van der Waals surface area contributed by atoms with Crippen molar-refractivity contribution in [2.24, 2.45) is 5.92 Å². The van der Waals surface area contributed by atoms with E-state index in [1.54, 1.807) is 24.3 Å². The van der Waals surface area contributed by atoms with Gasteiger partial charge in [0.15, 0.2) is 11.5 Å². The van der Waals surface area contributed by atoms with E-state index in [1.165, 1.54) is 0 Å². The van der Waals surface area contributed by atoms with Crippen molar-refractivity contribution in [3.63, 3.8) is 0 Å². The monoisotopic (exact) mass is 402 g/mol. The van der Waals surface area contributed by atoms with Crippen LogP contribution in [-0.2, 0) is 11.2 Å². The third kappa shape index (κ3) is 4.95. The fraction of sp³-hybridized carbons (Fsp3) is 0.333. The van der Waals surface area contributed by atoms with Crippen molar-refractivity contribution in [2.45, 2.75) is 20.3 Å². The summed E-state index contributed by atoms with van der Waals surface area (Å²) in [4.78, 5) is 24.0. The third-order valence-corrected chi connectivity index (χ3v) is 4.58. The Hall–Kier alpha value is -2.73. The van der Waals surface area contributed by atoms with Crippen LogP contribution in [0.1, 0.15) is 29.8 Å². The van der Waals surface area contributed by atoms with Gasteiger partial charge < -0.3 is 20.1 Å². The lowest BCUT2D eigenvalue weighted by Crippen LogP contribution is -2.25. The molecule has 148 valence electrons. The minimum Gasteiger partial charge on any atom is -0.486 e. The average Bonchev–Trinajstić information content (AvgIpc) is 2.68. The first-order valence-electron chi connectivity index (χ1n) is 9.21. The van der Waals surface area contributed by atoms with E-state index in [0.717, 1.165) is 5.56 Å². The van der Waals surface area contributed by atoms with Gasteiger partial charge in [-0.1, -0.05) is 25.4 Å². The van der Waals surface area contributed by atoms with Crippen LogP contribution < -0.4 is 20.1 Å². The summed E-state index contributed by atoms with van der Waals surface area (Å²) in [5.41, 5.74) is 2.16. The van der Waals surface area contributed by atoms with Gasteiger partial charge in [0.05, 0.1) is 5.02 Å². The van der Waals surface area contributed by atoms with E-state index in [9.17, 15) is 9.59 Å². The number of carbonyl (C=O) groups excluding carboxylic acids is 2. The van der Waals surface area contributed by atoms with E-state index in [2.05, 4.69) is 10.6 Å². The predicted octanol–water partition coefficient (Wildman–Crippen LogP) is 3.68. The first-order valence-corrected chi connectivity index (χ1v) is 9.59. The van der Waals surface area contributed by atoms with Gasteiger partial charge in [-0.15, -0.1) is 0 Å². The fourth-order valence-electron chi connectivity index (χ4n) is 2.72. The summed E-state index contributed by atoms with van der Waals surface area (Å²) in [7, 11) is 0. The second-order valence-electron chi connectivity index (χ2n) is 6.83. The standard InChI is InChI=1S/C21H23ClN2O4/c1-13(2)20(25)24-16-5-3-15(4-6-16)21(26)23-8-7-14-11-17(22)19-18(12-14)27-9-10-28-19/h3-6,11-13H,7-10H2,1-2H3,(H,23,26)(H,24,25). The molecule has 1 aliphatic rings. The molecule has 2 amide bonds. The van der Waals surface area contributed by atoms with Gasteiger partial charge in [-0.3, -0.25) is 9.59 Å². The Kier molecular flexibility index (Phi) is 6.41. The van der Waals surface area contributed by atoms with E-state index in [-0.39, 0.29) is 17.7 Å². The van der Waals surface area contributed by atoms with E-state index in [1.807, 2.05) is 26.0 Å². The maximum absolute atomic E-state index is 12.3. The van der Waals surface area contributed by atoms with Crippen molar-refractivity contribution in [3.8, 4) is 11.5 Å². The van der Waals surface area contributed by atoms with Crippen LogP contribution in [-0.4, -0.2) is 31.6 Å². The Balaban J connectivity index is 1.53. The molecule has 28 heavy (non-hydrogen) atoms. The number of hydrogen-bond acceptors (Lipinski definition) is 4. The summed E-state index contributed by atoms with van der Waals surface area (Å²) in [5.74, 6) is 0.877. The number of ether oxygens (including phenoxy) is 2. The Morgan fingerprint density at radius 1 is 1.11 bits per heavy atom. The largest absolute Gasteiger partial charge is 0.486 e. The molecule has 0 saturated heterocycles. The van der Waals surface area contributed by atoms with Gasteiger partial charge in [0.1, 0.15) is 13.2 Å². The quantitative estimate of drug-likeness (QED) is 0.772. The molecule has 0 unspecified atom stereocenters. The van der Waals surface area contributed by atoms with Gasteiger partial charge in [0.25, 0.3) is 5.91 Å². The predicted molar refractivity (Wildman–Crippen MR) is 108 cm³/mol. The van der Waals surface area contributed by atoms with Crippen LogP contribution in [0.5, 0.6) is 11.5 Å². The molecule has 1 aliphatic heterocycles. The number of fused-ring (bicyclic) bond motifs is 1. The van der Waals surface area contributed by atoms with Crippen LogP contribution >= 0.6 is 11.6 Å². The van der Waals surface area contributed by atoms with Gasteiger partial charge >= 0.3 is 0 Å². The van der Waals surface area contributed by atoms with Crippen LogP contribution in [0.2, 0.25) is 5.02 Å². The maximum Gasteiger partial charge on any atom is 0.251 e. The Labute approximate surface area is 169 Å². The first-order chi connectivity index (χ1) is 13.4. The summed E-state index contributed by atoms with van der Waals surface area (Å²) in [6.45, 7) is 5.10. The molecule has 0 spiro atoms. The van der Waals surface area contributed by atoms with E-state index in [4.69, 9.17) is 21.1 Å². The highest BCUT2D eigenvalue weighted by Crippen LogP contribution is 2.38. The highest BCUT2D eigenvalue weighted by Gasteiger charge is 2.16. The van der Waals surface area contributed by atoms with E-state index < -0.39 is 0 Å². The maximum atomic E-state index is 12.3. The second kappa shape index (κ2) is 8.97. The van der Waals surface area contributed by atoms with Crippen molar-refractivity contribution in [3.05, 3.63) is 52.5 Å². The number of benzene rings is 2. The molecule has 0 aromatic heterocycles.